The van der Waals surface area contributed by atoms with Crippen molar-refractivity contribution in [2.24, 2.45) is 0 Å². The third-order valence-electron chi connectivity index (χ3n) is 5.43. The van der Waals surface area contributed by atoms with Gasteiger partial charge in [0.2, 0.25) is 5.91 Å². The molecule has 1 amide bonds. The van der Waals surface area contributed by atoms with E-state index in [-0.39, 0.29) is 18.3 Å². The molecule has 0 aromatic heterocycles. The van der Waals surface area contributed by atoms with Crippen LogP contribution >= 0.6 is 12.4 Å². The van der Waals surface area contributed by atoms with E-state index < -0.39 is 0 Å². The van der Waals surface area contributed by atoms with Crippen molar-refractivity contribution in [2.45, 2.75) is 45.1 Å². The van der Waals surface area contributed by atoms with Crippen molar-refractivity contribution >= 4 is 24.0 Å². The van der Waals surface area contributed by atoms with Gasteiger partial charge in [0.25, 0.3) is 0 Å². The molecule has 0 spiro atoms. The molecule has 0 aliphatic carbocycles. The molecule has 2 aromatic carbocycles. The van der Waals surface area contributed by atoms with Gasteiger partial charge in [0.05, 0.1) is 0 Å². The molecular weight excluding hydrogens is 356 g/mol. The summed E-state index contributed by atoms with van der Waals surface area (Å²) in [6.07, 6.45) is 2.64. The van der Waals surface area contributed by atoms with Crippen LogP contribution in [-0.4, -0.2) is 36.5 Å². The average molecular weight is 387 g/mol. The van der Waals surface area contributed by atoms with Gasteiger partial charge >= 0.3 is 0 Å². The zero-order valence-electron chi connectivity index (χ0n) is 16.4. The maximum atomic E-state index is 12.6. The minimum Gasteiger partial charge on any atom is -0.309 e. The number of hydrogen-bond donors (Lipinski definition) is 0. The van der Waals surface area contributed by atoms with Crippen molar-refractivity contribution < 1.29 is 4.79 Å². The number of halogens is 1. The Bertz CT molecular complexity index is 684. The molecule has 1 heterocycles. The molecule has 4 heteroatoms. The van der Waals surface area contributed by atoms with Gasteiger partial charge < -0.3 is 9.80 Å². The number of hydrogen-bond acceptors (Lipinski definition) is 2. The van der Waals surface area contributed by atoms with E-state index in [0.29, 0.717) is 18.4 Å². The molecule has 2 aromatic rings. The monoisotopic (exact) mass is 386 g/mol. The van der Waals surface area contributed by atoms with Crippen LogP contribution in [-0.2, 0) is 4.79 Å². The molecule has 0 N–H and O–H groups in total. The van der Waals surface area contributed by atoms with Gasteiger partial charge in [0.15, 0.2) is 0 Å². The molecule has 1 aliphatic heterocycles. The molecule has 0 bridgehead atoms. The number of nitrogens with zero attached hydrogens (tertiary/aromatic N) is 2. The predicted molar refractivity (Wildman–Crippen MR) is 116 cm³/mol. The molecule has 3 rings (SSSR count). The fourth-order valence-corrected chi connectivity index (χ4v) is 3.95. The van der Waals surface area contributed by atoms with Crippen LogP contribution in [0.3, 0.4) is 0 Å². The van der Waals surface area contributed by atoms with Crippen LogP contribution < -0.4 is 4.90 Å². The highest BCUT2D eigenvalue weighted by Crippen LogP contribution is 2.26. The first-order valence-corrected chi connectivity index (χ1v) is 9.83. The Hall–Kier alpha value is -1.84. The number of amides is 1. The molecule has 27 heavy (non-hydrogen) atoms. The molecule has 1 atom stereocenters. The second-order valence-electron chi connectivity index (χ2n) is 7.30. The number of para-hydroxylation sites is 1. The zero-order valence-corrected chi connectivity index (χ0v) is 17.2. The maximum Gasteiger partial charge on any atom is 0.226 e. The first kappa shape index (κ1) is 21.5. The lowest BCUT2D eigenvalue weighted by molar-refractivity contribution is -0.119. The number of carbonyl (C=O) groups excluding carboxylic acids is 1. The fraction of sp³-hybridized carbons (Fsp3) is 0.435. The Balaban J connectivity index is 0.00000261. The summed E-state index contributed by atoms with van der Waals surface area (Å²) in [6, 6.07) is 21.2. The van der Waals surface area contributed by atoms with Crippen LogP contribution in [0.15, 0.2) is 60.7 Å². The molecule has 0 radical (unpaired) electrons. The van der Waals surface area contributed by atoms with E-state index in [0.717, 1.165) is 38.2 Å². The predicted octanol–water partition coefficient (Wildman–Crippen LogP) is 5.12. The minimum absolute atomic E-state index is 0. The smallest absolute Gasteiger partial charge is 0.226 e. The van der Waals surface area contributed by atoms with E-state index in [4.69, 9.17) is 0 Å². The highest BCUT2D eigenvalue weighted by atomic mass is 35.5. The molecule has 1 saturated heterocycles. The van der Waals surface area contributed by atoms with E-state index in [2.05, 4.69) is 54.3 Å². The van der Waals surface area contributed by atoms with Crippen molar-refractivity contribution in [1.29, 1.82) is 0 Å². The largest absolute Gasteiger partial charge is 0.309 e. The van der Waals surface area contributed by atoms with E-state index in [1.807, 2.05) is 30.0 Å². The van der Waals surface area contributed by atoms with Crippen LogP contribution in [0.5, 0.6) is 0 Å². The third kappa shape index (κ3) is 5.57. The summed E-state index contributed by atoms with van der Waals surface area (Å²) in [6.45, 7) is 7.46. The molecule has 1 aliphatic rings. The third-order valence-corrected chi connectivity index (χ3v) is 5.43. The highest BCUT2D eigenvalue weighted by Gasteiger charge is 2.28. The summed E-state index contributed by atoms with van der Waals surface area (Å²) in [4.78, 5) is 17.2. The average Bonchev–Trinajstić information content (AvgIpc) is 2.71. The number of rotatable bonds is 6. The number of piperidine rings is 1. The molecule has 0 saturated carbocycles. The number of carbonyl (C=O) groups is 1. The molecule has 1 unspecified atom stereocenters. The standard InChI is InChI=1S/C23H30N2O.ClH/c1-3-23(26)25(21-12-8-5-9-13-21)22-14-16-24(17-15-22)18-19(2)20-10-6-4-7-11-20;/h4-13,19,22H,3,14-18H2,1-2H3;1H. The summed E-state index contributed by atoms with van der Waals surface area (Å²) in [5, 5.41) is 0. The van der Waals surface area contributed by atoms with Crippen LogP contribution in [0.2, 0.25) is 0 Å². The summed E-state index contributed by atoms with van der Waals surface area (Å²) < 4.78 is 0. The Morgan fingerprint density at radius 1 is 1.04 bits per heavy atom. The van der Waals surface area contributed by atoms with Gasteiger partial charge in [-0.1, -0.05) is 62.4 Å². The van der Waals surface area contributed by atoms with Crippen LogP contribution in [0.4, 0.5) is 5.69 Å². The quantitative estimate of drug-likeness (QED) is 0.687. The molecular formula is C23H31ClN2O. The SMILES string of the molecule is CCC(=O)N(c1ccccc1)C1CCN(CC(C)c2ccccc2)CC1.Cl. The van der Waals surface area contributed by atoms with Crippen molar-refractivity contribution in [2.75, 3.05) is 24.5 Å². The van der Waals surface area contributed by atoms with Crippen molar-refractivity contribution in [3.63, 3.8) is 0 Å². The van der Waals surface area contributed by atoms with E-state index in [9.17, 15) is 4.79 Å². The summed E-state index contributed by atoms with van der Waals surface area (Å²) in [5.74, 6) is 0.766. The minimum atomic E-state index is 0. The van der Waals surface area contributed by atoms with Crippen molar-refractivity contribution in [3.05, 3.63) is 66.2 Å². The lowest BCUT2D eigenvalue weighted by Gasteiger charge is -2.39. The Kier molecular flexibility index (Phi) is 8.33. The van der Waals surface area contributed by atoms with E-state index in [1.165, 1.54) is 5.56 Å². The molecule has 1 fully saturated rings. The first-order valence-electron chi connectivity index (χ1n) is 9.83. The Morgan fingerprint density at radius 3 is 2.15 bits per heavy atom. The van der Waals surface area contributed by atoms with Crippen molar-refractivity contribution in [1.82, 2.24) is 4.90 Å². The normalized spacial score (nSPS) is 16.4. The lowest BCUT2D eigenvalue weighted by atomic mass is 9.97. The highest BCUT2D eigenvalue weighted by molar-refractivity contribution is 5.93. The Morgan fingerprint density at radius 2 is 1.59 bits per heavy atom. The number of benzene rings is 2. The van der Waals surface area contributed by atoms with Crippen LogP contribution in [0, 0.1) is 0 Å². The van der Waals surface area contributed by atoms with Gasteiger partial charge in [-0.3, -0.25) is 4.79 Å². The summed E-state index contributed by atoms with van der Waals surface area (Å²) in [7, 11) is 0. The van der Waals surface area contributed by atoms with Gasteiger partial charge in [-0.2, -0.15) is 0 Å². The van der Waals surface area contributed by atoms with E-state index >= 15 is 0 Å². The van der Waals surface area contributed by atoms with Gasteiger partial charge in [0, 0.05) is 37.8 Å². The van der Waals surface area contributed by atoms with Gasteiger partial charge in [-0.05, 0) is 36.5 Å². The summed E-state index contributed by atoms with van der Waals surface area (Å²) in [5.41, 5.74) is 2.44. The first-order chi connectivity index (χ1) is 12.7. The second kappa shape index (κ2) is 10.5. The van der Waals surface area contributed by atoms with Gasteiger partial charge in [-0.25, -0.2) is 0 Å². The second-order valence-corrected chi connectivity index (χ2v) is 7.30. The number of likely N-dealkylation sites (tertiary alicyclic amines) is 1. The number of anilines is 1. The maximum absolute atomic E-state index is 12.6. The van der Waals surface area contributed by atoms with Crippen molar-refractivity contribution in [3.8, 4) is 0 Å². The van der Waals surface area contributed by atoms with Crippen LogP contribution in [0.25, 0.3) is 0 Å². The van der Waals surface area contributed by atoms with Gasteiger partial charge in [0.1, 0.15) is 0 Å². The molecule has 146 valence electrons. The van der Waals surface area contributed by atoms with Gasteiger partial charge in [-0.15, -0.1) is 12.4 Å². The molecule has 3 nitrogen and oxygen atoms in total. The van der Waals surface area contributed by atoms with E-state index in [1.54, 1.807) is 0 Å². The fourth-order valence-electron chi connectivity index (χ4n) is 3.95. The topological polar surface area (TPSA) is 23.6 Å². The summed E-state index contributed by atoms with van der Waals surface area (Å²) >= 11 is 0. The zero-order chi connectivity index (χ0) is 18.4. The Labute approximate surface area is 169 Å². The van der Waals surface area contributed by atoms with Crippen LogP contribution in [0.1, 0.15) is 44.6 Å². The lowest BCUT2D eigenvalue weighted by Crippen LogP contribution is -2.48.